The Hall–Kier alpha value is -2.51. The summed E-state index contributed by atoms with van der Waals surface area (Å²) in [5.41, 5.74) is 5.69. The molecule has 1 amide bonds. The van der Waals surface area contributed by atoms with Gasteiger partial charge < -0.3 is 14.4 Å². The molecule has 0 bridgehead atoms. The van der Waals surface area contributed by atoms with Gasteiger partial charge in [-0.1, -0.05) is 37.5 Å². The van der Waals surface area contributed by atoms with Crippen LogP contribution in [0.25, 0.3) is 0 Å². The van der Waals surface area contributed by atoms with Gasteiger partial charge in [0.1, 0.15) is 5.69 Å². The Labute approximate surface area is 199 Å². The average Bonchev–Trinajstić information content (AvgIpc) is 3.37. The number of alkyl halides is 3. The van der Waals surface area contributed by atoms with E-state index < -0.39 is 12.6 Å². The minimum atomic E-state index is -4.29. The quantitative estimate of drug-likeness (QED) is 0.439. The first-order valence-corrected chi connectivity index (χ1v) is 12.4. The lowest BCUT2D eigenvalue weighted by molar-refractivity contribution is -0.136. The van der Waals surface area contributed by atoms with E-state index in [-0.39, 0.29) is 12.5 Å². The second-order valence-electron chi connectivity index (χ2n) is 9.85. The summed E-state index contributed by atoms with van der Waals surface area (Å²) in [5, 5.41) is 0. The molecule has 1 aromatic carbocycles. The maximum Gasteiger partial charge on any atom is 0.390 e. The van der Waals surface area contributed by atoms with Crippen LogP contribution in [0.4, 0.5) is 24.8 Å². The molecule has 1 aliphatic carbocycles. The van der Waals surface area contributed by atoms with E-state index >= 15 is 0 Å². The maximum absolute atomic E-state index is 13.7. The zero-order chi connectivity index (χ0) is 24.6. The molecule has 2 heterocycles. The first-order valence-electron chi connectivity index (χ1n) is 12.4. The first-order chi connectivity index (χ1) is 16.1. The molecule has 8 heteroatoms. The van der Waals surface area contributed by atoms with Gasteiger partial charge in [0.15, 0.2) is 0 Å². The molecule has 186 valence electrons. The molecule has 0 unspecified atom stereocenters. The summed E-state index contributed by atoms with van der Waals surface area (Å²) in [5.74, 6) is 1.07. The molecule has 0 spiro atoms. The fraction of sp³-hybridized carbons (Fsp3) is 0.615. The van der Waals surface area contributed by atoms with Crippen LogP contribution >= 0.6 is 0 Å². The van der Waals surface area contributed by atoms with Crippen LogP contribution < -0.4 is 4.90 Å². The first kappa shape index (κ1) is 24.6. The molecule has 0 radical (unpaired) electrons. The van der Waals surface area contributed by atoms with E-state index in [1.165, 1.54) is 23.3 Å². The molecule has 2 aromatic rings. The van der Waals surface area contributed by atoms with Crippen LogP contribution in [0.5, 0.6) is 0 Å². The van der Waals surface area contributed by atoms with Crippen molar-refractivity contribution in [2.45, 2.75) is 78.9 Å². The summed E-state index contributed by atoms with van der Waals surface area (Å²) in [4.78, 5) is 22.0. The number of nitrogens with zero attached hydrogens (tertiary/aromatic N) is 4. The molecule has 0 saturated heterocycles. The van der Waals surface area contributed by atoms with Gasteiger partial charge in [-0.15, -0.1) is 0 Å². The highest BCUT2D eigenvalue weighted by molar-refractivity contribution is 5.95. The third-order valence-electron chi connectivity index (χ3n) is 6.94. The summed E-state index contributed by atoms with van der Waals surface area (Å²) in [6.07, 6.45) is -0.625. The van der Waals surface area contributed by atoms with Crippen LogP contribution in [0.1, 0.15) is 71.9 Å². The number of aromatic nitrogens is 2. The van der Waals surface area contributed by atoms with Crippen LogP contribution in [-0.2, 0) is 13.0 Å². The molecule has 1 aromatic heterocycles. The number of hydrogen-bond acceptors (Lipinski definition) is 3. The van der Waals surface area contributed by atoms with Gasteiger partial charge in [0, 0.05) is 31.9 Å². The third-order valence-corrected chi connectivity index (χ3v) is 6.94. The number of imidazole rings is 1. The summed E-state index contributed by atoms with van der Waals surface area (Å²) < 4.78 is 41.0. The molecule has 5 nitrogen and oxygen atoms in total. The zero-order valence-corrected chi connectivity index (χ0v) is 20.6. The van der Waals surface area contributed by atoms with E-state index in [1.807, 2.05) is 11.5 Å². The van der Waals surface area contributed by atoms with Gasteiger partial charge in [0.25, 0.3) is 5.91 Å². The number of anilines is 2. The van der Waals surface area contributed by atoms with Gasteiger partial charge in [-0.25, -0.2) is 4.98 Å². The second kappa shape index (κ2) is 9.62. The monoisotopic (exact) mass is 476 g/mol. The molecular formula is C26H35F3N4O. The van der Waals surface area contributed by atoms with Gasteiger partial charge in [0.05, 0.1) is 12.1 Å². The number of hydrogen-bond donors (Lipinski definition) is 0. The van der Waals surface area contributed by atoms with Crippen molar-refractivity contribution in [3.63, 3.8) is 0 Å². The van der Waals surface area contributed by atoms with Crippen LogP contribution in [0.2, 0.25) is 0 Å². The van der Waals surface area contributed by atoms with Crippen molar-refractivity contribution in [2.75, 3.05) is 24.5 Å². The van der Waals surface area contributed by atoms with E-state index in [9.17, 15) is 18.0 Å². The largest absolute Gasteiger partial charge is 0.390 e. The number of rotatable bonds is 9. The number of halogens is 3. The fourth-order valence-electron chi connectivity index (χ4n) is 5.21. The highest BCUT2D eigenvalue weighted by Gasteiger charge is 2.35. The summed E-state index contributed by atoms with van der Waals surface area (Å²) in [6.45, 7) is 9.48. The fourth-order valence-corrected chi connectivity index (χ4v) is 5.21. The summed E-state index contributed by atoms with van der Waals surface area (Å²) >= 11 is 0. The molecule has 0 N–H and O–H groups in total. The molecule has 1 aliphatic heterocycles. The third kappa shape index (κ3) is 5.26. The van der Waals surface area contributed by atoms with Crippen molar-refractivity contribution in [3.8, 4) is 0 Å². The Bertz CT molecular complexity index is 1030. The average molecular weight is 477 g/mol. The number of aryl methyl sites for hydroxylation is 4. The van der Waals surface area contributed by atoms with Crippen LogP contribution in [0.3, 0.4) is 0 Å². The number of carbonyl (C=O) groups excluding carboxylic acids is 1. The van der Waals surface area contributed by atoms with E-state index in [1.54, 1.807) is 0 Å². The predicted molar refractivity (Wildman–Crippen MR) is 128 cm³/mol. The van der Waals surface area contributed by atoms with Gasteiger partial charge in [0.2, 0.25) is 5.95 Å². The van der Waals surface area contributed by atoms with E-state index in [4.69, 9.17) is 4.98 Å². The van der Waals surface area contributed by atoms with Crippen molar-refractivity contribution < 1.29 is 18.0 Å². The van der Waals surface area contributed by atoms with Crippen molar-refractivity contribution in [1.29, 1.82) is 0 Å². The molecule has 1 fully saturated rings. The number of benzene rings is 1. The lowest BCUT2D eigenvalue weighted by atomic mass is 10.0. The number of amides is 1. The predicted octanol–water partition coefficient (Wildman–Crippen LogP) is 6.11. The van der Waals surface area contributed by atoms with Crippen molar-refractivity contribution >= 4 is 17.5 Å². The van der Waals surface area contributed by atoms with Crippen molar-refractivity contribution in [3.05, 3.63) is 40.2 Å². The Morgan fingerprint density at radius 1 is 1.12 bits per heavy atom. The molecule has 34 heavy (non-hydrogen) atoms. The Morgan fingerprint density at radius 3 is 2.38 bits per heavy atom. The van der Waals surface area contributed by atoms with E-state index in [0.29, 0.717) is 49.3 Å². The molecule has 4 rings (SSSR count). The Balaban J connectivity index is 1.64. The van der Waals surface area contributed by atoms with Crippen molar-refractivity contribution in [1.82, 2.24) is 14.5 Å². The topological polar surface area (TPSA) is 41.4 Å². The van der Waals surface area contributed by atoms with Gasteiger partial charge in [-0.3, -0.25) is 4.79 Å². The summed E-state index contributed by atoms with van der Waals surface area (Å²) in [6, 6.07) is 4.28. The highest BCUT2D eigenvalue weighted by Crippen LogP contribution is 2.37. The van der Waals surface area contributed by atoms with Crippen LogP contribution in [-0.4, -0.2) is 46.2 Å². The standard InChI is InChI=1S/C26H35F3N4O/c1-5-21-23(24(34)31(12-10-26(27,28)29)11-6-7-20-8-9-20)33-14-13-32(25(33)30-21)22-18(3)15-17(2)16-19(22)4/h15-16,20H,5-14H2,1-4H3. The van der Waals surface area contributed by atoms with E-state index in [0.717, 1.165) is 29.7 Å². The molecule has 1 saturated carbocycles. The molecule has 2 aliphatic rings. The SMILES string of the molecule is CCc1nc2n(c1C(=O)N(CCCC1CC1)CCC(F)(F)F)CCN2c1c(C)cc(C)cc1C. The normalized spacial score (nSPS) is 15.7. The van der Waals surface area contributed by atoms with Gasteiger partial charge in [-0.05, 0) is 57.1 Å². The minimum absolute atomic E-state index is 0.309. The lowest BCUT2D eigenvalue weighted by Crippen LogP contribution is -2.36. The molecule has 0 atom stereocenters. The van der Waals surface area contributed by atoms with E-state index in [2.05, 4.69) is 37.8 Å². The smallest absolute Gasteiger partial charge is 0.337 e. The van der Waals surface area contributed by atoms with Gasteiger partial charge in [-0.2, -0.15) is 13.2 Å². The van der Waals surface area contributed by atoms with Crippen LogP contribution in [0, 0.1) is 26.7 Å². The lowest BCUT2D eigenvalue weighted by Gasteiger charge is -2.24. The Morgan fingerprint density at radius 2 is 1.79 bits per heavy atom. The van der Waals surface area contributed by atoms with Gasteiger partial charge >= 0.3 is 6.18 Å². The van der Waals surface area contributed by atoms with Crippen molar-refractivity contribution in [2.24, 2.45) is 5.92 Å². The molecular weight excluding hydrogens is 441 g/mol. The van der Waals surface area contributed by atoms with Crippen LogP contribution in [0.15, 0.2) is 12.1 Å². The zero-order valence-electron chi connectivity index (χ0n) is 20.6. The Kier molecular flexibility index (Phi) is 6.97. The summed E-state index contributed by atoms with van der Waals surface area (Å²) in [7, 11) is 0. The number of carbonyl (C=O) groups is 1. The minimum Gasteiger partial charge on any atom is -0.337 e. The second-order valence-corrected chi connectivity index (χ2v) is 9.85. The highest BCUT2D eigenvalue weighted by atomic mass is 19.4. The maximum atomic E-state index is 13.7. The number of fused-ring (bicyclic) bond motifs is 1.